The van der Waals surface area contributed by atoms with Gasteiger partial charge in [0.1, 0.15) is 12.7 Å². The molecule has 0 aliphatic rings. The molecule has 22 heavy (non-hydrogen) atoms. The summed E-state index contributed by atoms with van der Waals surface area (Å²) in [6, 6.07) is 18.0. The second-order valence-corrected chi connectivity index (χ2v) is 4.86. The van der Waals surface area contributed by atoms with Crippen molar-refractivity contribution in [1.82, 2.24) is 0 Å². The molecule has 0 saturated carbocycles. The lowest BCUT2D eigenvalue weighted by atomic mass is 9.93. The molecule has 3 rings (SSSR count). The van der Waals surface area contributed by atoms with E-state index in [9.17, 15) is 5.11 Å². The Morgan fingerprint density at radius 3 is 2.05 bits per heavy atom. The molecule has 0 aliphatic carbocycles. The molecular weight excluding hydrogens is 272 g/mol. The summed E-state index contributed by atoms with van der Waals surface area (Å²) in [7, 11) is 0. The maximum absolute atomic E-state index is 10.5. The SMILES string of the molecule is OCC#CC#CC(O)c1c2ccccc2cc2ccccc12. The lowest BCUT2D eigenvalue weighted by Crippen LogP contribution is -1.97. The van der Waals surface area contributed by atoms with Gasteiger partial charge in [0.05, 0.1) is 0 Å². The van der Waals surface area contributed by atoms with Crippen molar-refractivity contribution >= 4 is 21.5 Å². The minimum Gasteiger partial charge on any atom is -0.384 e. The number of aliphatic hydroxyl groups excluding tert-OH is 2. The fourth-order valence-electron chi connectivity index (χ4n) is 2.60. The summed E-state index contributed by atoms with van der Waals surface area (Å²) in [5, 5.41) is 23.2. The Kier molecular flexibility index (Phi) is 4.08. The van der Waals surface area contributed by atoms with E-state index in [1.807, 2.05) is 48.5 Å². The van der Waals surface area contributed by atoms with Gasteiger partial charge in [-0.3, -0.25) is 0 Å². The van der Waals surface area contributed by atoms with Gasteiger partial charge in [0.15, 0.2) is 0 Å². The maximum atomic E-state index is 10.5. The van der Waals surface area contributed by atoms with Crippen molar-refractivity contribution in [1.29, 1.82) is 0 Å². The fraction of sp³-hybridized carbons (Fsp3) is 0.100. The largest absolute Gasteiger partial charge is 0.384 e. The summed E-state index contributed by atoms with van der Waals surface area (Å²) in [6.45, 7) is -0.234. The molecule has 0 heterocycles. The van der Waals surface area contributed by atoms with E-state index in [4.69, 9.17) is 5.11 Å². The average molecular weight is 286 g/mol. The summed E-state index contributed by atoms with van der Waals surface area (Å²) in [4.78, 5) is 0. The van der Waals surface area contributed by atoms with E-state index in [0.29, 0.717) is 0 Å². The molecule has 0 saturated heterocycles. The van der Waals surface area contributed by atoms with Crippen LogP contribution in [0.3, 0.4) is 0 Å². The van der Waals surface area contributed by atoms with Gasteiger partial charge in [0.25, 0.3) is 0 Å². The molecule has 3 aromatic carbocycles. The normalized spacial score (nSPS) is 11.4. The minimum absolute atomic E-state index is 0.234. The van der Waals surface area contributed by atoms with Crippen LogP contribution in [0, 0.1) is 23.7 Å². The van der Waals surface area contributed by atoms with Gasteiger partial charge in [0.2, 0.25) is 0 Å². The van der Waals surface area contributed by atoms with E-state index >= 15 is 0 Å². The van der Waals surface area contributed by atoms with E-state index in [-0.39, 0.29) is 6.61 Å². The highest BCUT2D eigenvalue weighted by Crippen LogP contribution is 2.32. The second-order valence-electron chi connectivity index (χ2n) is 4.86. The van der Waals surface area contributed by atoms with Gasteiger partial charge in [0, 0.05) is 5.56 Å². The van der Waals surface area contributed by atoms with Crippen LogP contribution in [-0.2, 0) is 0 Å². The van der Waals surface area contributed by atoms with E-state index < -0.39 is 6.10 Å². The summed E-state index contributed by atoms with van der Waals surface area (Å²) >= 11 is 0. The van der Waals surface area contributed by atoms with Crippen LogP contribution in [0.4, 0.5) is 0 Å². The van der Waals surface area contributed by atoms with E-state index in [1.165, 1.54) is 0 Å². The van der Waals surface area contributed by atoms with Crippen molar-refractivity contribution < 1.29 is 10.2 Å². The number of rotatable bonds is 1. The zero-order valence-electron chi connectivity index (χ0n) is 11.9. The van der Waals surface area contributed by atoms with Crippen molar-refractivity contribution in [3.63, 3.8) is 0 Å². The molecule has 2 nitrogen and oxygen atoms in total. The van der Waals surface area contributed by atoms with Gasteiger partial charge in [-0.2, -0.15) is 0 Å². The lowest BCUT2D eigenvalue weighted by molar-refractivity contribution is 0.241. The summed E-state index contributed by atoms with van der Waals surface area (Å²) in [5.41, 5.74) is 0.798. The molecule has 0 fully saturated rings. The molecule has 0 aromatic heterocycles. The number of hydrogen-bond acceptors (Lipinski definition) is 2. The molecule has 0 aliphatic heterocycles. The Hall–Kier alpha value is -2.78. The van der Waals surface area contributed by atoms with Gasteiger partial charge in [-0.05, 0) is 39.5 Å². The predicted octanol–water partition coefficient (Wildman–Crippen LogP) is 3.03. The van der Waals surface area contributed by atoms with Crippen molar-refractivity contribution in [3.8, 4) is 23.7 Å². The van der Waals surface area contributed by atoms with Crippen LogP contribution < -0.4 is 0 Å². The molecule has 3 aromatic rings. The molecule has 1 atom stereocenters. The lowest BCUT2D eigenvalue weighted by Gasteiger charge is -2.13. The Morgan fingerprint density at radius 1 is 0.864 bits per heavy atom. The third-order valence-electron chi connectivity index (χ3n) is 3.53. The molecule has 0 amide bonds. The number of benzene rings is 3. The second kappa shape index (κ2) is 6.33. The molecule has 2 heteroatoms. The number of fused-ring (bicyclic) bond motifs is 2. The predicted molar refractivity (Wildman–Crippen MR) is 89.1 cm³/mol. The quantitative estimate of drug-likeness (QED) is 0.533. The Bertz CT molecular complexity index is 895. The first-order valence-corrected chi connectivity index (χ1v) is 6.99. The standard InChI is InChI=1S/C20H14O2/c21-13-7-1-2-12-19(22)20-17-10-5-3-8-15(17)14-16-9-4-6-11-18(16)20/h3-6,8-11,14,19,21-22H,13H2. The van der Waals surface area contributed by atoms with Crippen molar-refractivity contribution in [3.05, 3.63) is 60.2 Å². The van der Waals surface area contributed by atoms with Crippen LogP contribution in [0.1, 0.15) is 11.7 Å². The Balaban J connectivity index is 2.25. The van der Waals surface area contributed by atoms with Gasteiger partial charge in [-0.15, -0.1) is 0 Å². The third kappa shape index (κ3) is 2.67. The third-order valence-corrected chi connectivity index (χ3v) is 3.53. The molecule has 106 valence electrons. The Labute approximate surface area is 129 Å². The van der Waals surface area contributed by atoms with Crippen LogP contribution in [0.15, 0.2) is 54.6 Å². The van der Waals surface area contributed by atoms with Crippen molar-refractivity contribution in [2.45, 2.75) is 6.10 Å². The summed E-state index contributed by atoms with van der Waals surface area (Å²) < 4.78 is 0. The van der Waals surface area contributed by atoms with Crippen LogP contribution in [-0.4, -0.2) is 16.8 Å². The van der Waals surface area contributed by atoms with Crippen LogP contribution in [0.5, 0.6) is 0 Å². The van der Waals surface area contributed by atoms with Gasteiger partial charge >= 0.3 is 0 Å². The van der Waals surface area contributed by atoms with E-state index in [0.717, 1.165) is 27.1 Å². The smallest absolute Gasteiger partial charge is 0.142 e. The average Bonchev–Trinajstić information content (AvgIpc) is 2.56. The highest BCUT2D eigenvalue weighted by molar-refractivity contribution is 6.02. The van der Waals surface area contributed by atoms with Crippen LogP contribution in [0.25, 0.3) is 21.5 Å². The zero-order valence-corrected chi connectivity index (χ0v) is 11.9. The topological polar surface area (TPSA) is 40.5 Å². The van der Waals surface area contributed by atoms with Crippen LogP contribution in [0.2, 0.25) is 0 Å². The summed E-state index contributed by atoms with van der Waals surface area (Å²) in [6.07, 6.45) is -0.927. The van der Waals surface area contributed by atoms with Crippen LogP contribution >= 0.6 is 0 Å². The highest BCUT2D eigenvalue weighted by Gasteiger charge is 2.13. The molecule has 2 N–H and O–H groups in total. The molecule has 0 bridgehead atoms. The number of hydrogen-bond donors (Lipinski definition) is 2. The summed E-state index contributed by atoms with van der Waals surface area (Å²) in [5.74, 6) is 10.3. The fourth-order valence-corrected chi connectivity index (χ4v) is 2.60. The first-order chi connectivity index (χ1) is 10.8. The molecule has 1 unspecified atom stereocenters. The molecule has 0 radical (unpaired) electrons. The zero-order chi connectivity index (χ0) is 15.4. The monoisotopic (exact) mass is 286 g/mol. The van der Waals surface area contributed by atoms with Crippen molar-refractivity contribution in [2.75, 3.05) is 6.61 Å². The molecular formula is C20H14O2. The first kappa shape index (κ1) is 14.2. The van der Waals surface area contributed by atoms with Crippen molar-refractivity contribution in [2.24, 2.45) is 0 Å². The molecule has 0 spiro atoms. The maximum Gasteiger partial charge on any atom is 0.142 e. The highest BCUT2D eigenvalue weighted by atomic mass is 16.3. The van der Waals surface area contributed by atoms with Gasteiger partial charge in [-0.1, -0.05) is 60.4 Å². The van der Waals surface area contributed by atoms with Gasteiger partial charge < -0.3 is 10.2 Å². The first-order valence-electron chi connectivity index (χ1n) is 6.99. The minimum atomic E-state index is -0.927. The number of aliphatic hydroxyl groups is 2. The Morgan fingerprint density at radius 2 is 1.45 bits per heavy atom. The van der Waals surface area contributed by atoms with Gasteiger partial charge in [-0.25, -0.2) is 0 Å². The van der Waals surface area contributed by atoms with E-state index in [1.54, 1.807) is 0 Å². The van der Waals surface area contributed by atoms with E-state index in [2.05, 4.69) is 29.7 Å².